The van der Waals surface area contributed by atoms with E-state index in [1.165, 1.54) is 6.07 Å². The summed E-state index contributed by atoms with van der Waals surface area (Å²) >= 11 is 3.00. The molecule has 1 N–H and O–H groups in total. The van der Waals surface area contributed by atoms with E-state index in [1.807, 2.05) is 0 Å². The van der Waals surface area contributed by atoms with Crippen LogP contribution >= 0.6 is 15.9 Å². The Kier molecular flexibility index (Phi) is 5.12. The fourth-order valence-corrected chi connectivity index (χ4v) is 2.11. The summed E-state index contributed by atoms with van der Waals surface area (Å²) in [6.45, 7) is -1.93. The number of alkyl halides is 3. The van der Waals surface area contributed by atoms with Crippen LogP contribution in [0, 0.1) is 10.1 Å². The Bertz CT molecular complexity index is 468. The number of hydrogen-bond acceptors (Lipinski definition) is 4. The van der Waals surface area contributed by atoms with Crippen molar-refractivity contribution in [3.8, 4) is 0 Å². The summed E-state index contributed by atoms with van der Waals surface area (Å²) in [7, 11) is 0. The van der Waals surface area contributed by atoms with Gasteiger partial charge in [-0.25, -0.2) is 0 Å². The fourth-order valence-electron chi connectivity index (χ4n) is 1.49. The number of hydrogen-bond donors (Lipinski definition) is 1. The molecule has 19 heavy (non-hydrogen) atoms. The van der Waals surface area contributed by atoms with Crippen LogP contribution in [0.25, 0.3) is 0 Å². The number of nitro benzene ring substituents is 1. The monoisotopic (exact) mass is 342 g/mol. The zero-order valence-corrected chi connectivity index (χ0v) is 11.1. The highest BCUT2D eigenvalue weighted by molar-refractivity contribution is 9.10. The highest BCUT2D eigenvalue weighted by Gasteiger charge is 2.31. The molecule has 9 heteroatoms. The van der Waals surface area contributed by atoms with Crippen molar-refractivity contribution < 1.29 is 23.2 Å². The Hall–Kier alpha value is -1.35. The predicted octanol–water partition coefficient (Wildman–Crippen LogP) is 2.72. The van der Waals surface area contributed by atoms with E-state index in [1.54, 1.807) is 0 Å². The molecular formula is C10H10BrF3N2O3. The molecule has 0 atom stereocenters. The van der Waals surface area contributed by atoms with Crippen molar-refractivity contribution in [3.05, 3.63) is 32.8 Å². The molecule has 0 unspecified atom stereocenters. The molecule has 5 nitrogen and oxygen atoms in total. The lowest BCUT2D eigenvalue weighted by atomic mass is 10.2. The van der Waals surface area contributed by atoms with E-state index in [9.17, 15) is 23.3 Å². The van der Waals surface area contributed by atoms with E-state index in [4.69, 9.17) is 5.11 Å². The second-order valence-corrected chi connectivity index (χ2v) is 4.51. The SMILES string of the molecule is O=[N+]([O-])c1ccc(N(CCO)CC(F)(F)F)c(Br)c1. The number of nitrogens with zero attached hydrogens (tertiary/aromatic N) is 2. The van der Waals surface area contributed by atoms with Gasteiger partial charge in [-0.2, -0.15) is 13.2 Å². The Morgan fingerprint density at radius 1 is 1.42 bits per heavy atom. The molecule has 1 rings (SSSR count). The Morgan fingerprint density at radius 2 is 2.05 bits per heavy atom. The molecule has 0 aromatic heterocycles. The van der Waals surface area contributed by atoms with Gasteiger partial charge in [-0.1, -0.05) is 0 Å². The highest BCUT2D eigenvalue weighted by atomic mass is 79.9. The van der Waals surface area contributed by atoms with Gasteiger partial charge in [0.25, 0.3) is 5.69 Å². The number of aliphatic hydroxyl groups is 1. The summed E-state index contributed by atoms with van der Waals surface area (Å²) in [5.74, 6) is 0. The van der Waals surface area contributed by atoms with E-state index < -0.39 is 24.3 Å². The van der Waals surface area contributed by atoms with Crippen LogP contribution in [0.15, 0.2) is 22.7 Å². The maximum absolute atomic E-state index is 12.4. The molecule has 1 aromatic carbocycles. The lowest BCUT2D eigenvalue weighted by Crippen LogP contribution is -2.36. The van der Waals surface area contributed by atoms with Gasteiger partial charge in [0.1, 0.15) is 6.54 Å². The van der Waals surface area contributed by atoms with Gasteiger partial charge >= 0.3 is 6.18 Å². The van der Waals surface area contributed by atoms with Gasteiger partial charge in [0.15, 0.2) is 0 Å². The van der Waals surface area contributed by atoms with Gasteiger partial charge in [-0.3, -0.25) is 10.1 Å². The number of aliphatic hydroxyl groups excluding tert-OH is 1. The zero-order valence-electron chi connectivity index (χ0n) is 9.52. The Labute approximate surface area is 114 Å². The summed E-state index contributed by atoms with van der Waals surface area (Å²) < 4.78 is 37.4. The van der Waals surface area contributed by atoms with Gasteiger partial charge in [0.05, 0.1) is 17.2 Å². The molecule has 0 aliphatic heterocycles. The largest absolute Gasteiger partial charge is 0.405 e. The number of nitro groups is 1. The summed E-state index contributed by atoms with van der Waals surface area (Å²) in [5, 5.41) is 19.3. The average Bonchev–Trinajstić information content (AvgIpc) is 2.26. The molecule has 0 saturated heterocycles. The third-order valence-electron chi connectivity index (χ3n) is 2.22. The van der Waals surface area contributed by atoms with Crippen LogP contribution < -0.4 is 4.90 Å². The third-order valence-corrected chi connectivity index (χ3v) is 2.86. The zero-order chi connectivity index (χ0) is 14.6. The summed E-state index contributed by atoms with van der Waals surface area (Å²) in [6, 6.07) is 3.44. The van der Waals surface area contributed by atoms with Crippen LogP contribution in [0.2, 0.25) is 0 Å². The molecule has 1 aromatic rings. The molecule has 106 valence electrons. The number of benzene rings is 1. The molecule has 0 aliphatic rings. The van der Waals surface area contributed by atoms with Crippen molar-refractivity contribution in [1.82, 2.24) is 0 Å². The maximum atomic E-state index is 12.4. The Morgan fingerprint density at radius 3 is 2.47 bits per heavy atom. The molecule has 0 spiro atoms. The van der Waals surface area contributed by atoms with E-state index in [2.05, 4.69) is 15.9 Å². The molecule has 0 bridgehead atoms. The molecule has 0 amide bonds. The first-order valence-corrected chi connectivity index (χ1v) is 5.90. The smallest absolute Gasteiger partial charge is 0.395 e. The minimum atomic E-state index is -4.43. The van der Waals surface area contributed by atoms with Crippen LogP contribution in [-0.4, -0.2) is 35.9 Å². The fraction of sp³-hybridized carbons (Fsp3) is 0.400. The van der Waals surface area contributed by atoms with Crippen molar-refractivity contribution in [2.45, 2.75) is 6.18 Å². The summed E-state index contributed by atoms with van der Waals surface area (Å²) in [5.41, 5.74) is -0.0939. The average molecular weight is 343 g/mol. The van der Waals surface area contributed by atoms with Crippen LogP contribution in [0.5, 0.6) is 0 Å². The van der Waals surface area contributed by atoms with Crippen LogP contribution in [0.4, 0.5) is 24.5 Å². The van der Waals surface area contributed by atoms with Gasteiger partial charge in [-0.15, -0.1) is 0 Å². The standard InChI is InChI=1S/C10H10BrF3N2O3/c11-8-5-7(16(18)19)1-2-9(8)15(3-4-17)6-10(12,13)14/h1-2,5,17H,3-4,6H2. The van der Waals surface area contributed by atoms with Crippen molar-refractivity contribution in [3.63, 3.8) is 0 Å². The number of non-ortho nitro benzene ring substituents is 1. The van der Waals surface area contributed by atoms with E-state index in [0.29, 0.717) is 0 Å². The topological polar surface area (TPSA) is 66.6 Å². The van der Waals surface area contributed by atoms with Crippen LogP contribution in [-0.2, 0) is 0 Å². The summed E-state index contributed by atoms with van der Waals surface area (Å²) in [4.78, 5) is 10.8. The van der Waals surface area contributed by atoms with Crippen molar-refractivity contribution in [1.29, 1.82) is 0 Å². The van der Waals surface area contributed by atoms with Gasteiger partial charge in [-0.05, 0) is 22.0 Å². The first-order valence-electron chi connectivity index (χ1n) is 5.11. The molecule has 0 aliphatic carbocycles. The first kappa shape index (κ1) is 15.7. The van der Waals surface area contributed by atoms with Crippen molar-refractivity contribution in [2.24, 2.45) is 0 Å². The highest BCUT2D eigenvalue weighted by Crippen LogP contribution is 2.31. The first-order chi connectivity index (χ1) is 8.74. The maximum Gasteiger partial charge on any atom is 0.405 e. The second-order valence-electron chi connectivity index (χ2n) is 3.65. The predicted molar refractivity (Wildman–Crippen MR) is 66.2 cm³/mol. The normalized spacial score (nSPS) is 11.4. The third kappa shape index (κ3) is 4.67. The quantitative estimate of drug-likeness (QED) is 0.660. The van der Waals surface area contributed by atoms with Gasteiger partial charge < -0.3 is 10.0 Å². The van der Waals surface area contributed by atoms with Gasteiger partial charge in [0.2, 0.25) is 0 Å². The number of anilines is 1. The molecule has 0 fully saturated rings. The van der Waals surface area contributed by atoms with Gasteiger partial charge in [0, 0.05) is 23.2 Å². The Balaban J connectivity index is 3.06. The van der Waals surface area contributed by atoms with E-state index in [-0.39, 0.29) is 22.4 Å². The van der Waals surface area contributed by atoms with Crippen LogP contribution in [0.3, 0.4) is 0 Å². The van der Waals surface area contributed by atoms with Crippen molar-refractivity contribution in [2.75, 3.05) is 24.6 Å². The number of halogens is 4. The lowest BCUT2D eigenvalue weighted by Gasteiger charge is -2.26. The second kappa shape index (κ2) is 6.20. The van der Waals surface area contributed by atoms with E-state index >= 15 is 0 Å². The minimum Gasteiger partial charge on any atom is -0.395 e. The lowest BCUT2D eigenvalue weighted by molar-refractivity contribution is -0.384. The number of rotatable bonds is 5. The minimum absolute atomic E-state index is 0.136. The van der Waals surface area contributed by atoms with Crippen molar-refractivity contribution >= 4 is 27.3 Å². The molecule has 0 heterocycles. The molecule has 0 radical (unpaired) electrons. The van der Waals surface area contributed by atoms with Crippen LogP contribution in [0.1, 0.15) is 0 Å². The summed E-state index contributed by atoms with van der Waals surface area (Å²) in [6.07, 6.45) is -4.43. The molecular weight excluding hydrogens is 333 g/mol. The molecule has 0 saturated carbocycles. The van der Waals surface area contributed by atoms with E-state index in [0.717, 1.165) is 17.0 Å².